The van der Waals surface area contributed by atoms with Crippen LogP contribution in [0.3, 0.4) is 0 Å². The maximum Gasteiger partial charge on any atom is 0.126 e. The lowest BCUT2D eigenvalue weighted by atomic mass is 9.95. The molecule has 2 N–H and O–H groups in total. The fraction of sp³-hybridized carbons (Fsp3) is 0.333. The first-order valence-corrected chi connectivity index (χ1v) is 9.66. The average Bonchev–Trinajstić information content (AvgIpc) is 3.06. The highest BCUT2D eigenvalue weighted by atomic mass is 32.1. The fourth-order valence-electron chi connectivity index (χ4n) is 3.53. The van der Waals surface area contributed by atoms with Crippen LogP contribution in [-0.4, -0.2) is 29.0 Å². The predicted octanol–water partition coefficient (Wildman–Crippen LogP) is 4.20. The highest BCUT2D eigenvalue weighted by molar-refractivity contribution is 7.19. The van der Waals surface area contributed by atoms with Gasteiger partial charge < -0.3 is 14.9 Å². The van der Waals surface area contributed by atoms with Crippen molar-refractivity contribution >= 4 is 21.4 Å². The molecule has 1 aliphatic rings. The van der Waals surface area contributed by atoms with Gasteiger partial charge in [0, 0.05) is 16.0 Å². The van der Waals surface area contributed by atoms with E-state index in [0.29, 0.717) is 24.8 Å². The summed E-state index contributed by atoms with van der Waals surface area (Å²) in [7, 11) is 0. The number of benzene rings is 2. The van der Waals surface area contributed by atoms with Crippen molar-refractivity contribution in [2.24, 2.45) is 0 Å². The second-order valence-corrected chi connectivity index (χ2v) is 7.94. The number of hydrogen-bond donors (Lipinski definition) is 2. The van der Waals surface area contributed by atoms with Gasteiger partial charge in [0.15, 0.2) is 0 Å². The van der Waals surface area contributed by atoms with Crippen molar-refractivity contribution in [2.45, 2.75) is 37.6 Å². The summed E-state index contributed by atoms with van der Waals surface area (Å²) in [6, 6.07) is 15.4. The van der Waals surface area contributed by atoms with Crippen LogP contribution in [0.1, 0.15) is 34.9 Å². The number of rotatable bonds is 4. The number of fused-ring (bicyclic) bond motifs is 1. The number of aliphatic hydroxyl groups excluding tert-OH is 2. The van der Waals surface area contributed by atoms with Gasteiger partial charge in [0.1, 0.15) is 11.9 Å². The number of hydrogen-bond acceptors (Lipinski definition) is 4. The summed E-state index contributed by atoms with van der Waals surface area (Å²) in [5, 5.41) is 20.4. The SMILES string of the molecule is OC[C@H]1O[C@@H](c2ccc(F)c(Cc3cc4ccccc4s3)c2)CC[C@@H]1O. The Kier molecular flexibility index (Phi) is 5.05. The highest BCUT2D eigenvalue weighted by Crippen LogP contribution is 2.33. The average molecular weight is 372 g/mol. The smallest absolute Gasteiger partial charge is 0.126 e. The van der Waals surface area contributed by atoms with Crippen LogP contribution in [0.15, 0.2) is 48.5 Å². The van der Waals surface area contributed by atoms with Gasteiger partial charge in [-0.1, -0.05) is 24.3 Å². The second-order valence-electron chi connectivity index (χ2n) is 6.77. The minimum Gasteiger partial charge on any atom is -0.394 e. The Morgan fingerprint density at radius 2 is 1.96 bits per heavy atom. The first-order chi connectivity index (χ1) is 12.6. The Morgan fingerprint density at radius 1 is 1.12 bits per heavy atom. The Hall–Kier alpha value is -1.79. The van der Waals surface area contributed by atoms with E-state index in [-0.39, 0.29) is 18.5 Å². The molecule has 4 rings (SSSR count). The molecule has 2 heterocycles. The number of halogens is 1. The molecule has 2 aromatic carbocycles. The standard InChI is InChI=1S/C21H21FO3S/c22-17-6-5-13(19-8-7-18(24)20(12-23)25-19)9-15(17)11-16-10-14-3-1-2-4-21(14)26-16/h1-6,9-10,18-20,23-24H,7-8,11-12H2/t18-,19+,20+/m0/s1. The summed E-state index contributed by atoms with van der Waals surface area (Å²) < 4.78 is 21.4. The number of thiophene rings is 1. The van der Waals surface area contributed by atoms with E-state index in [1.165, 1.54) is 16.2 Å². The van der Waals surface area contributed by atoms with E-state index in [1.807, 2.05) is 18.2 Å². The molecule has 26 heavy (non-hydrogen) atoms. The van der Waals surface area contributed by atoms with Gasteiger partial charge in [0.2, 0.25) is 0 Å². The zero-order valence-electron chi connectivity index (χ0n) is 14.3. The summed E-state index contributed by atoms with van der Waals surface area (Å²) in [4.78, 5) is 1.12. The zero-order chi connectivity index (χ0) is 18.1. The maximum absolute atomic E-state index is 14.4. The van der Waals surface area contributed by atoms with Gasteiger partial charge in [-0.3, -0.25) is 0 Å². The van der Waals surface area contributed by atoms with Crippen molar-refractivity contribution in [3.63, 3.8) is 0 Å². The molecule has 3 atom stereocenters. The molecule has 3 nitrogen and oxygen atoms in total. The van der Waals surface area contributed by atoms with E-state index in [2.05, 4.69) is 18.2 Å². The van der Waals surface area contributed by atoms with Gasteiger partial charge in [-0.15, -0.1) is 11.3 Å². The van der Waals surface area contributed by atoms with Gasteiger partial charge in [0.25, 0.3) is 0 Å². The van der Waals surface area contributed by atoms with E-state index >= 15 is 0 Å². The van der Waals surface area contributed by atoms with E-state index in [0.717, 1.165) is 10.4 Å². The van der Waals surface area contributed by atoms with Crippen LogP contribution in [0.5, 0.6) is 0 Å². The van der Waals surface area contributed by atoms with Crippen LogP contribution in [-0.2, 0) is 11.2 Å². The summed E-state index contributed by atoms with van der Waals surface area (Å²) in [5.41, 5.74) is 1.54. The number of aliphatic hydroxyl groups is 2. The monoisotopic (exact) mass is 372 g/mol. The number of ether oxygens (including phenoxy) is 1. The molecule has 136 valence electrons. The van der Waals surface area contributed by atoms with Crippen molar-refractivity contribution in [1.29, 1.82) is 0 Å². The van der Waals surface area contributed by atoms with E-state index in [4.69, 9.17) is 4.74 Å². The largest absolute Gasteiger partial charge is 0.394 e. The molecule has 0 radical (unpaired) electrons. The molecule has 0 unspecified atom stereocenters. The molecule has 0 amide bonds. The van der Waals surface area contributed by atoms with Crippen molar-refractivity contribution in [3.8, 4) is 0 Å². The third kappa shape index (κ3) is 3.53. The minimum absolute atomic E-state index is 0.215. The van der Waals surface area contributed by atoms with Crippen LogP contribution in [0.4, 0.5) is 4.39 Å². The van der Waals surface area contributed by atoms with Crippen molar-refractivity contribution in [3.05, 3.63) is 70.4 Å². The summed E-state index contributed by atoms with van der Waals surface area (Å²) in [5.74, 6) is -0.222. The Bertz CT molecular complexity index is 874. The third-order valence-electron chi connectivity index (χ3n) is 4.96. The quantitative estimate of drug-likeness (QED) is 0.721. The normalized spacial score (nSPS) is 23.4. The Balaban J connectivity index is 1.58. The summed E-state index contributed by atoms with van der Waals surface area (Å²) in [6.07, 6.45) is 0.319. The van der Waals surface area contributed by atoms with Crippen LogP contribution in [0.25, 0.3) is 10.1 Å². The molecule has 0 aliphatic carbocycles. The lowest BCUT2D eigenvalue weighted by molar-refractivity contribution is -0.135. The van der Waals surface area contributed by atoms with E-state index < -0.39 is 12.2 Å². The zero-order valence-corrected chi connectivity index (χ0v) is 15.1. The van der Waals surface area contributed by atoms with Crippen LogP contribution in [0.2, 0.25) is 0 Å². The molecule has 1 aromatic heterocycles. The van der Waals surface area contributed by atoms with E-state index in [9.17, 15) is 14.6 Å². The van der Waals surface area contributed by atoms with Gasteiger partial charge in [0.05, 0.1) is 18.8 Å². The highest BCUT2D eigenvalue weighted by Gasteiger charge is 2.30. The van der Waals surface area contributed by atoms with Crippen LogP contribution in [0, 0.1) is 5.82 Å². The molecular formula is C21H21FO3S. The molecule has 0 bridgehead atoms. The minimum atomic E-state index is -0.644. The van der Waals surface area contributed by atoms with Crippen molar-refractivity contribution in [1.82, 2.24) is 0 Å². The van der Waals surface area contributed by atoms with Crippen LogP contribution >= 0.6 is 11.3 Å². The first kappa shape index (κ1) is 17.6. The maximum atomic E-state index is 14.4. The molecular weight excluding hydrogens is 351 g/mol. The molecule has 0 spiro atoms. The molecule has 1 saturated heterocycles. The first-order valence-electron chi connectivity index (χ1n) is 8.84. The summed E-state index contributed by atoms with van der Waals surface area (Å²) >= 11 is 1.68. The van der Waals surface area contributed by atoms with Crippen LogP contribution < -0.4 is 0 Å². The lowest BCUT2D eigenvalue weighted by Crippen LogP contribution is -2.38. The molecule has 3 aromatic rings. The Morgan fingerprint density at radius 3 is 2.77 bits per heavy atom. The van der Waals surface area contributed by atoms with Crippen molar-refractivity contribution in [2.75, 3.05) is 6.61 Å². The molecule has 1 fully saturated rings. The van der Waals surface area contributed by atoms with Gasteiger partial charge in [-0.2, -0.15) is 0 Å². The third-order valence-corrected chi connectivity index (χ3v) is 6.07. The topological polar surface area (TPSA) is 49.7 Å². The summed E-state index contributed by atoms with van der Waals surface area (Å²) in [6.45, 7) is -0.215. The van der Waals surface area contributed by atoms with E-state index in [1.54, 1.807) is 17.4 Å². The van der Waals surface area contributed by atoms with Gasteiger partial charge in [-0.25, -0.2) is 4.39 Å². The molecule has 1 aliphatic heterocycles. The van der Waals surface area contributed by atoms with Gasteiger partial charge >= 0.3 is 0 Å². The van der Waals surface area contributed by atoms with Crippen molar-refractivity contribution < 1.29 is 19.3 Å². The predicted molar refractivity (Wildman–Crippen MR) is 101 cm³/mol. The second kappa shape index (κ2) is 7.45. The molecule has 0 saturated carbocycles. The fourth-order valence-corrected chi connectivity index (χ4v) is 4.62. The van der Waals surface area contributed by atoms with Gasteiger partial charge in [-0.05, 0) is 53.6 Å². The molecule has 5 heteroatoms. The Labute approximate surface area is 155 Å². The lowest BCUT2D eigenvalue weighted by Gasteiger charge is -2.33.